The van der Waals surface area contributed by atoms with Gasteiger partial charge in [-0.2, -0.15) is 0 Å². The molecule has 3 nitrogen and oxygen atoms in total. The lowest BCUT2D eigenvalue weighted by atomic mass is 9.99. The van der Waals surface area contributed by atoms with E-state index in [0.29, 0.717) is 13.1 Å². The predicted octanol–water partition coefficient (Wildman–Crippen LogP) is 1.85. The number of benzene rings is 1. The molecular weight excluding hydrogens is 202 g/mol. The molecule has 0 unspecified atom stereocenters. The van der Waals surface area contributed by atoms with Crippen LogP contribution in [-0.4, -0.2) is 29.1 Å². The molecule has 0 amide bonds. The maximum Gasteiger partial charge on any atom is 0.309 e. The average molecular weight is 217 g/mol. The van der Waals surface area contributed by atoms with E-state index in [4.69, 9.17) is 5.11 Å². The van der Waals surface area contributed by atoms with Gasteiger partial charge in [-0.05, 0) is 11.1 Å². The standard InChI is InChI=1S/C13H15NO2/c1-2-10-3-5-11(6-4-10)7-14-8-12(9-14)13(15)16/h2-6,12H,1,7-9H2,(H,15,16). The SMILES string of the molecule is C=Cc1ccc(CN2CC(C(=O)O)C2)cc1. The zero-order valence-electron chi connectivity index (χ0n) is 9.10. The zero-order chi connectivity index (χ0) is 11.5. The van der Waals surface area contributed by atoms with E-state index in [9.17, 15) is 4.79 Å². The summed E-state index contributed by atoms with van der Waals surface area (Å²) in [6.07, 6.45) is 1.81. The Kier molecular flexibility index (Phi) is 3.06. The molecule has 1 saturated heterocycles. The Balaban J connectivity index is 1.86. The number of carboxylic acid groups (broad SMARTS) is 1. The van der Waals surface area contributed by atoms with E-state index < -0.39 is 5.97 Å². The first-order valence-corrected chi connectivity index (χ1v) is 5.35. The van der Waals surface area contributed by atoms with Gasteiger partial charge in [0, 0.05) is 19.6 Å². The second-order valence-electron chi connectivity index (χ2n) is 4.17. The summed E-state index contributed by atoms with van der Waals surface area (Å²) in [5.74, 6) is -0.856. The Labute approximate surface area is 95.0 Å². The fourth-order valence-electron chi connectivity index (χ4n) is 1.87. The van der Waals surface area contributed by atoms with E-state index in [1.54, 1.807) is 0 Å². The Morgan fingerprint density at radius 1 is 1.44 bits per heavy atom. The van der Waals surface area contributed by atoms with Gasteiger partial charge >= 0.3 is 5.97 Å². The number of likely N-dealkylation sites (tertiary alicyclic amines) is 1. The van der Waals surface area contributed by atoms with Crippen LogP contribution >= 0.6 is 0 Å². The molecule has 3 heteroatoms. The quantitative estimate of drug-likeness (QED) is 0.836. The minimum atomic E-state index is -0.682. The van der Waals surface area contributed by atoms with Crippen molar-refractivity contribution in [3.05, 3.63) is 42.0 Å². The van der Waals surface area contributed by atoms with E-state index in [1.807, 2.05) is 18.2 Å². The first-order chi connectivity index (χ1) is 7.69. The third-order valence-electron chi connectivity index (χ3n) is 2.93. The first kappa shape index (κ1) is 10.9. The van der Waals surface area contributed by atoms with Crippen LogP contribution in [0.15, 0.2) is 30.8 Å². The van der Waals surface area contributed by atoms with E-state index >= 15 is 0 Å². The van der Waals surface area contributed by atoms with Crippen LogP contribution in [0.5, 0.6) is 0 Å². The second kappa shape index (κ2) is 4.49. The summed E-state index contributed by atoms with van der Waals surface area (Å²) >= 11 is 0. The summed E-state index contributed by atoms with van der Waals surface area (Å²) in [5.41, 5.74) is 2.32. The molecule has 84 valence electrons. The zero-order valence-corrected chi connectivity index (χ0v) is 9.10. The van der Waals surface area contributed by atoms with E-state index in [-0.39, 0.29) is 5.92 Å². The molecule has 1 aromatic carbocycles. The van der Waals surface area contributed by atoms with Crippen LogP contribution in [0.4, 0.5) is 0 Å². The third kappa shape index (κ3) is 2.31. The maximum atomic E-state index is 10.6. The molecule has 1 fully saturated rings. The van der Waals surface area contributed by atoms with Crippen LogP contribution in [-0.2, 0) is 11.3 Å². The molecule has 1 aliphatic rings. The molecule has 1 aromatic rings. The van der Waals surface area contributed by atoms with Gasteiger partial charge in [-0.15, -0.1) is 0 Å². The molecular formula is C13H15NO2. The molecule has 2 rings (SSSR count). The minimum absolute atomic E-state index is 0.174. The van der Waals surface area contributed by atoms with Crippen molar-refractivity contribution in [2.45, 2.75) is 6.54 Å². The summed E-state index contributed by atoms with van der Waals surface area (Å²) in [4.78, 5) is 12.8. The number of carbonyl (C=O) groups is 1. The van der Waals surface area contributed by atoms with Gasteiger partial charge in [0.15, 0.2) is 0 Å². The molecule has 16 heavy (non-hydrogen) atoms. The highest BCUT2D eigenvalue weighted by Crippen LogP contribution is 2.18. The molecule has 0 aromatic heterocycles. The molecule has 1 aliphatic heterocycles. The molecule has 0 spiro atoms. The summed E-state index contributed by atoms with van der Waals surface area (Å²) in [6, 6.07) is 8.17. The van der Waals surface area contributed by atoms with Gasteiger partial charge in [-0.1, -0.05) is 36.9 Å². The summed E-state index contributed by atoms with van der Waals surface area (Å²) < 4.78 is 0. The van der Waals surface area contributed by atoms with Crippen LogP contribution in [0, 0.1) is 5.92 Å². The molecule has 1 heterocycles. The summed E-state index contributed by atoms with van der Waals surface area (Å²) in [7, 11) is 0. The number of hydrogen-bond acceptors (Lipinski definition) is 2. The van der Waals surface area contributed by atoms with Gasteiger partial charge in [0.2, 0.25) is 0 Å². The minimum Gasteiger partial charge on any atom is -0.481 e. The summed E-state index contributed by atoms with van der Waals surface area (Å²) in [5, 5.41) is 8.75. The number of carboxylic acids is 1. The van der Waals surface area contributed by atoms with Crippen LogP contribution in [0.2, 0.25) is 0 Å². The molecule has 0 bridgehead atoms. The van der Waals surface area contributed by atoms with Crippen LogP contribution in [0.3, 0.4) is 0 Å². The Morgan fingerprint density at radius 3 is 2.56 bits per heavy atom. The van der Waals surface area contributed by atoms with Gasteiger partial charge in [0.25, 0.3) is 0 Å². The van der Waals surface area contributed by atoms with Crippen LogP contribution in [0.25, 0.3) is 6.08 Å². The summed E-state index contributed by atoms with van der Waals surface area (Å²) in [6.45, 7) is 5.87. The Bertz CT molecular complexity index is 391. The van der Waals surface area contributed by atoms with Gasteiger partial charge in [0.1, 0.15) is 0 Å². The topological polar surface area (TPSA) is 40.5 Å². The van der Waals surface area contributed by atoms with Gasteiger partial charge in [-0.3, -0.25) is 9.69 Å². The predicted molar refractivity (Wildman–Crippen MR) is 62.9 cm³/mol. The lowest BCUT2D eigenvalue weighted by Gasteiger charge is -2.36. The van der Waals surface area contributed by atoms with Gasteiger partial charge < -0.3 is 5.11 Å². The normalized spacial score (nSPS) is 16.8. The van der Waals surface area contributed by atoms with Crippen molar-refractivity contribution < 1.29 is 9.90 Å². The van der Waals surface area contributed by atoms with Crippen molar-refractivity contribution in [1.82, 2.24) is 4.90 Å². The van der Waals surface area contributed by atoms with E-state index in [0.717, 1.165) is 12.1 Å². The molecule has 0 saturated carbocycles. The number of nitrogens with zero attached hydrogens (tertiary/aromatic N) is 1. The highest BCUT2D eigenvalue weighted by atomic mass is 16.4. The Hall–Kier alpha value is -1.61. The number of rotatable bonds is 4. The third-order valence-corrected chi connectivity index (χ3v) is 2.93. The van der Waals surface area contributed by atoms with E-state index in [1.165, 1.54) is 5.56 Å². The maximum absolute atomic E-state index is 10.6. The van der Waals surface area contributed by atoms with Crippen LogP contribution < -0.4 is 0 Å². The van der Waals surface area contributed by atoms with Crippen molar-refractivity contribution in [3.63, 3.8) is 0 Å². The number of hydrogen-bond donors (Lipinski definition) is 1. The van der Waals surface area contributed by atoms with Crippen molar-refractivity contribution in [2.75, 3.05) is 13.1 Å². The van der Waals surface area contributed by atoms with Crippen LogP contribution in [0.1, 0.15) is 11.1 Å². The fraction of sp³-hybridized carbons (Fsp3) is 0.308. The first-order valence-electron chi connectivity index (χ1n) is 5.35. The highest BCUT2D eigenvalue weighted by molar-refractivity contribution is 5.71. The number of aliphatic carboxylic acids is 1. The molecule has 0 atom stereocenters. The van der Waals surface area contributed by atoms with Crippen molar-refractivity contribution in [1.29, 1.82) is 0 Å². The second-order valence-corrected chi connectivity index (χ2v) is 4.17. The monoisotopic (exact) mass is 217 g/mol. The van der Waals surface area contributed by atoms with E-state index in [2.05, 4.69) is 23.6 Å². The lowest BCUT2D eigenvalue weighted by molar-refractivity contribution is -0.147. The van der Waals surface area contributed by atoms with Gasteiger partial charge in [-0.25, -0.2) is 0 Å². The Morgan fingerprint density at radius 2 is 2.06 bits per heavy atom. The largest absolute Gasteiger partial charge is 0.481 e. The van der Waals surface area contributed by atoms with Gasteiger partial charge in [0.05, 0.1) is 5.92 Å². The van der Waals surface area contributed by atoms with Crippen molar-refractivity contribution in [2.24, 2.45) is 5.92 Å². The van der Waals surface area contributed by atoms with Crippen molar-refractivity contribution in [3.8, 4) is 0 Å². The smallest absolute Gasteiger partial charge is 0.309 e. The fourth-order valence-corrected chi connectivity index (χ4v) is 1.87. The van der Waals surface area contributed by atoms with Crippen molar-refractivity contribution >= 4 is 12.0 Å². The molecule has 1 N–H and O–H groups in total. The average Bonchev–Trinajstić information content (AvgIpc) is 2.23. The molecule has 0 radical (unpaired) electrons. The highest BCUT2D eigenvalue weighted by Gasteiger charge is 2.31. The molecule has 0 aliphatic carbocycles. The lowest BCUT2D eigenvalue weighted by Crippen LogP contribution is -2.49.